The van der Waals surface area contributed by atoms with Crippen molar-refractivity contribution in [2.45, 2.75) is 213 Å². The summed E-state index contributed by atoms with van der Waals surface area (Å²) in [7, 11) is -4.39. The Morgan fingerprint density at radius 3 is 1.38 bits per heavy atom. The van der Waals surface area contributed by atoms with Crippen molar-refractivity contribution >= 4 is 19.8 Å². The summed E-state index contributed by atoms with van der Waals surface area (Å²) in [6, 6.07) is 0. The van der Waals surface area contributed by atoms with Gasteiger partial charge in [0.05, 0.1) is 13.2 Å². The topological polar surface area (TPSA) is 134 Å². The summed E-state index contributed by atoms with van der Waals surface area (Å²) in [6.45, 7) is 3.58. The highest BCUT2D eigenvalue weighted by atomic mass is 31.2. The van der Waals surface area contributed by atoms with Crippen LogP contribution >= 0.6 is 7.82 Å². The minimum Gasteiger partial charge on any atom is -0.462 e. The Bertz CT molecular complexity index is 1230. The van der Waals surface area contributed by atoms with E-state index in [1.807, 2.05) is 0 Å². The zero-order valence-electron chi connectivity index (χ0n) is 38.9. The molecule has 0 aromatic carbocycles. The summed E-state index contributed by atoms with van der Waals surface area (Å²) in [6.07, 6.45) is 57.9. The van der Waals surface area contributed by atoms with Crippen LogP contribution in [0.5, 0.6) is 0 Å². The third-order valence-electron chi connectivity index (χ3n) is 10.1. The molecule has 0 aliphatic carbocycles. The van der Waals surface area contributed by atoms with E-state index < -0.39 is 32.5 Å². The zero-order chi connectivity index (χ0) is 44.6. The molecule has 0 aliphatic heterocycles. The summed E-state index contributed by atoms with van der Waals surface area (Å²) in [4.78, 5) is 35.0. The van der Waals surface area contributed by atoms with E-state index in [0.29, 0.717) is 6.42 Å². The molecule has 3 N–H and O–H groups in total. The number of ether oxygens (including phenoxy) is 2. The maximum atomic E-state index is 12.6. The lowest BCUT2D eigenvalue weighted by atomic mass is 10.0. The highest BCUT2D eigenvalue weighted by Gasteiger charge is 2.26. The van der Waals surface area contributed by atoms with Gasteiger partial charge < -0.3 is 20.1 Å². The summed E-state index contributed by atoms with van der Waals surface area (Å²) in [5.74, 6) is -0.868. The van der Waals surface area contributed by atoms with Crippen LogP contribution in [-0.2, 0) is 32.7 Å². The van der Waals surface area contributed by atoms with Crippen molar-refractivity contribution in [1.29, 1.82) is 0 Å². The van der Waals surface area contributed by atoms with Crippen molar-refractivity contribution in [2.75, 3.05) is 26.4 Å². The quantitative estimate of drug-likeness (QED) is 0.0265. The van der Waals surface area contributed by atoms with E-state index >= 15 is 0 Å². The fraction of sp³-hybridized carbons (Fsp3) is 0.725. The molecular weight excluding hydrogens is 786 g/mol. The Hall–Kier alpha value is -2.55. The first-order valence-corrected chi connectivity index (χ1v) is 25.9. The van der Waals surface area contributed by atoms with E-state index in [4.69, 9.17) is 24.3 Å². The van der Waals surface area contributed by atoms with Gasteiger partial charge in [-0.15, -0.1) is 0 Å². The molecule has 0 radical (unpaired) electrons. The summed E-state index contributed by atoms with van der Waals surface area (Å²) < 4.78 is 32.9. The van der Waals surface area contributed by atoms with Gasteiger partial charge >= 0.3 is 19.8 Å². The van der Waals surface area contributed by atoms with Gasteiger partial charge in [-0.25, -0.2) is 4.57 Å². The van der Waals surface area contributed by atoms with Gasteiger partial charge in [0.25, 0.3) is 0 Å². The smallest absolute Gasteiger partial charge is 0.462 e. The Labute approximate surface area is 373 Å². The second kappa shape index (κ2) is 46.9. The van der Waals surface area contributed by atoms with E-state index in [0.717, 1.165) is 70.6 Å². The lowest BCUT2D eigenvalue weighted by Gasteiger charge is -2.19. The summed E-state index contributed by atoms with van der Waals surface area (Å²) in [5.41, 5.74) is 5.36. The van der Waals surface area contributed by atoms with Gasteiger partial charge in [0.1, 0.15) is 6.61 Å². The molecule has 0 spiro atoms. The standard InChI is InChI=1S/C51H90NO8P/c1-3-5-7-9-11-13-15-17-19-21-23-24-26-27-29-31-33-35-37-39-41-43-50(53)57-47-49(48-59-61(55,56)58-46-45-52)60-51(54)44-42-40-38-36-34-32-30-28-25-22-20-18-16-14-12-10-8-6-4-2/h6,8,12,14,17-20,25,28,32,34,49H,3-5,7,9-11,13,15-16,21-24,26-27,29-31,33,35-48,52H2,1-2H3,(H,55,56). The number of allylic oxidation sites excluding steroid dienone is 12. The molecule has 0 rings (SSSR count). The van der Waals surface area contributed by atoms with Crippen molar-refractivity contribution in [3.63, 3.8) is 0 Å². The van der Waals surface area contributed by atoms with Crippen molar-refractivity contribution in [3.05, 3.63) is 72.9 Å². The normalized spacial score (nSPS) is 13.8. The Morgan fingerprint density at radius 2 is 0.902 bits per heavy atom. The zero-order valence-corrected chi connectivity index (χ0v) is 39.8. The van der Waals surface area contributed by atoms with Crippen LogP contribution in [0, 0.1) is 0 Å². The number of esters is 2. The van der Waals surface area contributed by atoms with Crippen LogP contribution < -0.4 is 5.73 Å². The average Bonchev–Trinajstić information content (AvgIpc) is 3.25. The molecule has 9 nitrogen and oxygen atoms in total. The number of rotatable bonds is 45. The third kappa shape index (κ3) is 46.8. The van der Waals surface area contributed by atoms with Gasteiger partial charge in [-0.1, -0.05) is 183 Å². The minimum absolute atomic E-state index is 0.0445. The van der Waals surface area contributed by atoms with E-state index in [-0.39, 0.29) is 32.6 Å². The molecule has 0 amide bonds. The lowest BCUT2D eigenvalue weighted by Crippen LogP contribution is -2.29. The van der Waals surface area contributed by atoms with Crippen LogP contribution in [0.15, 0.2) is 72.9 Å². The molecule has 61 heavy (non-hydrogen) atoms. The van der Waals surface area contributed by atoms with Crippen LogP contribution in [0.25, 0.3) is 0 Å². The van der Waals surface area contributed by atoms with Crippen molar-refractivity contribution in [2.24, 2.45) is 5.73 Å². The third-order valence-corrected chi connectivity index (χ3v) is 11.1. The highest BCUT2D eigenvalue weighted by Crippen LogP contribution is 2.43. The number of carbonyl (C=O) groups is 2. The molecule has 352 valence electrons. The second-order valence-corrected chi connectivity index (χ2v) is 17.4. The molecular formula is C51H90NO8P. The fourth-order valence-electron chi connectivity index (χ4n) is 6.48. The molecule has 0 bridgehead atoms. The molecule has 0 aliphatic rings. The van der Waals surface area contributed by atoms with E-state index in [1.165, 1.54) is 103 Å². The van der Waals surface area contributed by atoms with Gasteiger partial charge in [-0.3, -0.25) is 18.6 Å². The van der Waals surface area contributed by atoms with Crippen LogP contribution in [0.3, 0.4) is 0 Å². The van der Waals surface area contributed by atoms with E-state index in [1.54, 1.807) is 0 Å². The van der Waals surface area contributed by atoms with Gasteiger partial charge in [0.15, 0.2) is 6.10 Å². The van der Waals surface area contributed by atoms with Crippen LogP contribution in [-0.4, -0.2) is 49.3 Å². The minimum atomic E-state index is -4.39. The summed E-state index contributed by atoms with van der Waals surface area (Å²) >= 11 is 0. The maximum Gasteiger partial charge on any atom is 0.472 e. The first kappa shape index (κ1) is 58.5. The lowest BCUT2D eigenvalue weighted by molar-refractivity contribution is -0.161. The number of hydrogen-bond acceptors (Lipinski definition) is 8. The summed E-state index contributed by atoms with van der Waals surface area (Å²) in [5, 5.41) is 0. The number of phosphoric acid groups is 1. The Kier molecular flexibility index (Phi) is 45.0. The molecule has 0 heterocycles. The van der Waals surface area contributed by atoms with Crippen LogP contribution in [0.2, 0.25) is 0 Å². The Morgan fingerprint density at radius 1 is 0.508 bits per heavy atom. The predicted molar refractivity (Wildman–Crippen MR) is 256 cm³/mol. The van der Waals surface area contributed by atoms with Gasteiger partial charge in [-0.2, -0.15) is 0 Å². The molecule has 0 aromatic rings. The number of carbonyl (C=O) groups excluding carboxylic acids is 2. The molecule has 0 aromatic heterocycles. The number of phosphoric ester groups is 1. The van der Waals surface area contributed by atoms with E-state index in [9.17, 15) is 19.0 Å². The SMILES string of the molecule is CCC=CCC=CCC=CCC=CCC=CCCCCCC(=O)OC(COC(=O)CCCCCCCCCCCCCC=CCCCCCCCC)COP(=O)(O)OCCN. The van der Waals surface area contributed by atoms with E-state index in [2.05, 4.69) is 86.8 Å². The molecule has 0 saturated heterocycles. The highest BCUT2D eigenvalue weighted by molar-refractivity contribution is 7.47. The maximum absolute atomic E-state index is 12.6. The van der Waals surface area contributed by atoms with Crippen LogP contribution in [0.1, 0.15) is 206 Å². The average molecular weight is 876 g/mol. The Balaban J connectivity index is 4.14. The van der Waals surface area contributed by atoms with Gasteiger partial charge in [-0.05, 0) is 83.5 Å². The molecule has 0 fully saturated rings. The number of hydrogen-bond donors (Lipinski definition) is 2. The van der Waals surface area contributed by atoms with Gasteiger partial charge in [0.2, 0.25) is 0 Å². The first-order valence-electron chi connectivity index (χ1n) is 24.4. The largest absolute Gasteiger partial charge is 0.472 e. The van der Waals surface area contributed by atoms with Crippen molar-refractivity contribution in [1.82, 2.24) is 0 Å². The van der Waals surface area contributed by atoms with Gasteiger partial charge in [0, 0.05) is 19.4 Å². The van der Waals surface area contributed by atoms with Crippen LogP contribution in [0.4, 0.5) is 0 Å². The molecule has 2 atom stereocenters. The second-order valence-electron chi connectivity index (χ2n) is 15.9. The van der Waals surface area contributed by atoms with Crippen molar-refractivity contribution in [3.8, 4) is 0 Å². The predicted octanol–water partition coefficient (Wildman–Crippen LogP) is 14.6. The molecule has 2 unspecified atom stereocenters. The molecule has 0 saturated carbocycles. The first-order chi connectivity index (χ1) is 29.8. The number of nitrogens with two attached hydrogens (primary N) is 1. The van der Waals surface area contributed by atoms with Crippen molar-refractivity contribution < 1.29 is 37.6 Å². The molecule has 10 heteroatoms. The monoisotopic (exact) mass is 876 g/mol. The fourth-order valence-corrected chi connectivity index (χ4v) is 7.24. The number of unbranched alkanes of at least 4 members (excludes halogenated alkanes) is 20.